The zero-order valence-corrected chi connectivity index (χ0v) is 30.6. The van der Waals surface area contributed by atoms with Gasteiger partial charge in [0.1, 0.15) is 11.2 Å². The number of fused-ring (bicyclic) bond motifs is 7. The third-order valence-corrected chi connectivity index (χ3v) is 12.1. The maximum atomic E-state index is 6.16. The van der Waals surface area contributed by atoms with Crippen LogP contribution >= 0.6 is 11.3 Å². The van der Waals surface area contributed by atoms with Gasteiger partial charge >= 0.3 is 0 Å². The zero-order valence-electron chi connectivity index (χ0n) is 29.8. The van der Waals surface area contributed by atoms with Crippen molar-refractivity contribution in [2.24, 2.45) is 0 Å². The van der Waals surface area contributed by atoms with Crippen molar-refractivity contribution in [2.45, 2.75) is 0 Å². The number of rotatable bonds is 6. The number of thiophene rings is 1. The van der Waals surface area contributed by atoms with Crippen LogP contribution in [0.25, 0.3) is 86.3 Å². The normalized spacial score (nSPS) is 11.6. The van der Waals surface area contributed by atoms with Crippen molar-refractivity contribution >= 4 is 81.3 Å². The minimum Gasteiger partial charge on any atom is -0.456 e. The van der Waals surface area contributed by atoms with E-state index in [0.29, 0.717) is 0 Å². The quantitative estimate of drug-likeness (QED) is 0.170. The van der Waals surface area contributed by atoms with E-state index in [9.17, 15) is 0 Å². The Balaban J connectivity index is 1.15. The molecule has 0 unspecified atom stereocenters. The summed E-state index contributed by atoms with van der Waals surface area (Å²) in [5.74, 6) is 0. The van der Waals surface area contributed by atoms with E-state index in [2.05, 4.69) is 193 Å². The van der Waals surface area contributed by atoms with Crippen LogP contribution in [0.15, 0.2) is 205 Å². The van der Waals surface area contributed by atoms with Crippen LogP contribution < -0.4 is 4.90 Å². The fourth-order valence-corrected chi connectivity index (χ4v) is 9.45. The molecule has 2 aromatic heterocycles. The predicted octanol–water partition coefficient (Wildman–Crippen LogP) is 15.6. The second-order valence-electron chi connectivity index (χ2n) is 14.1. The van der Waals surface area contributed by atoms with Gasteiger partial charge in [0, 0.05) is 37.5 Å². The summed E-state index contributed by atoms with van der Waals surface area (Å²) in [5.41, 5.74) is 12.3. The van der Waals surface area contributed by atoms with Crippen molar-refractivity contribution in [3.63, 3.8) is 0 Å². The topological polar surface area (TPSA) is 16.4 Å². The first-order valence-electron chi connectivity index (χ1n) is 18.7. The molecule has 0 radical (unpaired) electrons. The number of benzene rings is 9. The van der Waals surface area contributed by atoms with E-state index in [-0.39, 0.29) is 0 Å². The molecule has 0 fully saturated rings. The number of nitrogens with zero attached hydrogens (tertiary/aromatic N) is 1. The zero-order chi connectivity index (χ0) is 36.3. The summed E-state index contributed by atoms with van der Waals surface area (Å²) in [6.45, 7) is 0. The summed E-state index contributed by atoms with van der Waals surface area (Å²) in [6, 6.07) is 72.4. The third-order valence-electron chi connectivity index (χ3n) is 10.9. The van der Waals surface area contributed by atoms with Crippen LogP contribution in [0.3, 0.4) is 0 Å². The molecule has 2 heterocycles. The molecular formula is C52H33NOS. The first kappa shape index (κ1) is 31.6. The van der Waals surface area contributed by atoms with Gasteiger partial charge in [0.15, 0.2) is 0 Å². The molecule has 0 N–H and O–H groups in total. The Morgan fingerprint density at radius 1 is 0.364 bits per heavy atom. The second kappa shape index (κ2) is 12.9. The minimum atomic E-state index is 0.906. The molecule has 2 nitrogen and oxygen atoms in total. The molecule has 0 saturated heterocycles. The Hall–Kier alpha value is -6.94. The molecule has 0 spiro atoms. The van der Waals surface area contributed by atoms with E-state index in [1.165, 1.54) is 53.2 Å². The Kier molecular flexibility index (Phi) is 7.39. The average molecular weight is 720 g/mol. The number of hydrogen-bond donors (Lipinski definition) is 0. The first-order chi connectivity index (χ1) is 27.3. The van der Waals surface area contributed by atoms with Gasteiger partial charge in [-0.25, -0.2) is 0 Å². The van der Waals surface area contributed by atoms with E-state index < -0.39 is 0 Å². The van der Waals surface area contributed by atoms with Crippen LogP contribution in [0.4, 0.5) is 17.1 Å². The largest absolute Gasteiger partial charge is 0.456 e. The summed E-state index contributed by atoms with van der Waals surface area (Å²) in [6.07, 6.45) is 0. The highest BCUT2D eigenvalue weighted by Crippen LogP contribution is 2.48. The number of para-hydroxylation sites is 1. The van der Waals surface area contributed by atoms with Crippen molar-refractivity contribution in [1.29, 1.82) is 0 Å². The monoisotopic (exact) mass is 719 g/mol. The molecule has 3 heteroatoms. The smallest absolute Gasteiger partial charge is 0.135 e. The van der Waals surface area contributed by atoms with E-state index in [0.717, 1.165) is 50.1 Å². The lowest BCUT2D eigenvalue weighted by atomic mass is 9.94. The molecule has 258 valence electrons. The number of hydrogen-bond acceptors (Lipinski definition) is 3. The predicted molar refractivity (Wildman–Crippen MR) is 235 cm³/mol. The highest BCUT2D eigenvalue weighted by Gasteiger charge is 2.22. The van der Waals surface area contributed by atoms with Gasteiger partial charge in [-0.15, -0.1) is 11.3 Å². The van der Waals surface area contributed by atoms with Crippen molar-refractivity contribution in [2.75, 3.05) is 4.90 Å². The average Bonchev–Trinajstić information content (AvgIpc) is 3.83. The van der Waals surface area contributed by atoms with Gasteiger partial charge in [0.25, 0.3) is 0 Å². The summed E-state index contributed by atoms with van der Waals surface area (Å²) < 4.78 is 8.71. The number of furan rings is 1. The molecule has 11 rings (SSSR count). The van der Waals surface area contributed by atoms with Crippen molar-refractivity contribution in [1.82, 2.24) is 0 Å². The molecule has 0 bridgehead atoms. The lowest BCUT2D eigenvalue weighted by Crippen LogP contribution is -2.11. The molecule has 0 atom stereocenters. The lowest BCUT2D eigenvalue weighted by Gasteiger charge is -2.29. The van der Waals surface area contributed by atoms with E-state index in [1.54, 1.807) is 0 Å². The Labute approximate surface area is 322 Å². The van der Waals surface area contributed by atoms with Gasteiger partial charge in [0.05, 0.1) is 16.1 Å². The van der Waals surface area contributed by atoms with E-state index >= 15 is 0 Å². The second-order valence-corrected chi connectivity index (χ2v) is 15.1. The standard InChI is InChI=1S/C52H33NOS/c1-2-12-36(13-3-1)42-30-26-38(41-19-10-15-35-14-4-5-16-40(35)41)33-48(42)53(47-21-11-20-45-44-18-7-9-23-51(44)55-52(45)47)39-28-24-34(25-29-39)37-27-31-50-46(32-37)43-17-6-8-22-49(43)54-50/h1-33H. The van der Waals surface area contributed by atoms with Crippen molar-refractivity contribution in [3.05, 3.63) is 200 Å². The molecule has 0 saturated carbocycles. The number of anilines is 3. The molecule has 0 aliphatic heterocycles. The highest BCUT2D eigenvalue weighted by atomic mass is 32.1. The molecule has 0 aliphatic carbocycles. The van der Waals surface area contributed by atoms with Crippen LogP contribution in [-0.4, -0.2) is 0 Å². The van der Waals surface area contributed by atoms with Crippen LogP contribution in [0.2, 0.25) is 0 Å². The maximum absolute atomic E-state index is 6.16. The van der Waals surface area contributed by atoms with Crippen molar-refractivity contribution in [3.8, 4) is 33.4 Å². The fraction of sp³-hybridized carbons (Fsp3) is 0. The van der Waals surface area contributed by atoms with Crippen LogP contribution in [0.5, 0.6) is 0 Å². The SMILES string of the molecule is c1ccc(-c2ccc(-c3cccc4ccccc34)cc2N(c2ccc(-c3ccc4oc5ccccc5c4c3)cc2)c2cccc3c2sc2ccccc23)cc1. The van der Waals surface area contributed by atoms with Crippen molar-refractivity contribution < 1.29 is 4.42 Å². The van der Waals surface area contributed by atoms with Gasteiger partial charge < -0.3 is 9.32 Å². The van der Waals surface area contributed by atoms with Gasteiger partial charge in [-0.05, 0) is 87.1 Å². The highest BCUT2D eigenvalue weighted by molar-refractivity contribution is 7.26. The third kappa shape index (κ3) is 5.32. The fourth-order valence-electron chi connectivity index (χ4n) is 8.25. The molecule has 11 aromatic rings. The molecule has 55 heavy (non-hydrogen) atoms. The minimum absolute atomic E-state index is 0.906. The lowest BCUT2D eigenvalue weighted by molar-refractivity contribution is 0.669. The van der Waals surface area contributed by atoms with E-state index in [1.807, 2.05) is 23.5 Å². The molecular weight excluding hydrogens is 687 g/mol. The van der Waals surface area contributed by atoms with Gasteiger partial charge in [-0.3, -0.25) is 0 Å². The van der Waals surface area contributed by atoms with Crippen LogP contribution in [0.1, 0.15) is 0 Å². The first-order valence-corrected chi connectivity index (χ1v) is 19.5. The molecule has 0 amide bonds. The van der Waals surface area contributed by atoms with Gasteiger partial charge in [0.2, 0.25) is 0 Å². The Bertz CT molecular complexity index is 3200. The van der Waals surface area contributed by atoms with Gasteiger partial charge in [-0.1, -0.05) is 152 Å². The summed E-state index contributed by atoms with van der Waals surface area (Å²) in [4.78, 5) is 2.48. The van der Waals surface area contributed by atoms with Crippen LogP contribution in [0, 0.1) is 0 Å². The Morgan fingerprint density at radius 2 is 1.04 bits per heavy atom. The summed E-state index contributed by atoms with van der Waals surface area (Å²) in [5, 5.41) is 7.30. The van der Waals surface area contributed by atoms with Crippen LogP contribution in [-0.2, 0) is 0 Å². The summed E-state index contributed by atoms with van der Waals surface area (Å²) in [7, 11) is 0. The van der Waals surface area contributed by atoms with Gasteiger partial charge in [-0.2, -0.15) is 0 Å². The Morgan fingerprint density at radius 3 is 1.93 bits per heavy atom. The maximum Gasteiger partial charge on any atom is 0.135 e. The summed E-state index contributed by atoms with van der Waals surface area (Å²) >= 11 is 1.86. The van der Waals surface area contributed by atoms with E-state index in [4.69, 9.17) is 4.42 Å². The molecule has 0 aliphatic rings. The molecule has 9 aromatic carbocycles.